The number of rotatable bonds is 5. The first-order valence-corrected chi connectivity index (χ1v) is 8.18. The van der Waals surface area contributed by atoms with Crippen molar-refractivity contribution in [2.45, 2.75) is 64.6 Å². The summed E-state index contributed by atoms with van der Waals surface area (Å²) in [5.74, 6) is -0.158. The van der Waals surface area contributed by atoms with Crippen LogP contribution in [0.3, 0.4) is 0 Å². The Labute approximate surface area is 126 Å². The smallest absolute Gasteiger partial charge is 0.334 e. The van der Waals surface area contributed by atoms with Crippen LogP contribution in [-0.4, -0.2) is 47.2 Å². The molecule has 2 aliphatic rings. The van der Waals surface area contributed by atoms with E-state index >= 15 is 0 Å². The molecular formula is C16H27NO4. The SMILES string of the molecule is CCC(CC1CCCC1)C(=O)N1CC(C(=O)O)O[C@H](C)C1. The van der Waals surface area contributed by atoms with E-state index in [0.717, 1.165) is 12.8 Å². The minimum atomic E-state index is -0.983. The minimum absolute atomic E-state index is 0.0350. The van der Waals surface area contributed by atoms with E-state index in [-0.39, 0.29) is 24.5 Å². The molecule has 3 atom stereocenters. The first-order chi connectivity index (χ1) is 10.0. The number of carboxylic acids is 1. The van der Waals surface area contributed by atoms with Crippen molar-refractivity contribution in [1.29, 1.82) is 0 Å². The summed E-state index contributed by atoms with van der Waals surface area (Å²) in [5, 5.41) is 9.12. The Morgan fingerprint density at radius 1 is 1.29 bits per heavy atom. The Hall–Kier alpha value is -1.10. The molecule has 5 heteroatoms. The van der Waals surface area contributed by atoms with Crippen molar-refractivity contribution in [3.63, 3.8) is 0 Å². The topological polar surface area (TPSA) is 66.8 Å². The first-order valence-electron chi connectivity index (χ1n) is 8.18. The summed E-state index contributed by atoms with van der Waals surface area (Å²) in [7, 11) is 0. The molecular weight excluding hydrogens is 270 g/mol. The molecule has 1 amide bonds. The fourth-order valence-corrected chi connectivity index (χ4v) is 3.62. The van der Waals surface area contributed by atoms with Crippen molar-refractivity contribution in [3.05, 3.63) is 0 Å². The fourth-order valence-electron chi connectivity index (χ4n) is 3.62. The molecule has 1 aliphatic carbocycles. The summed E-state index contributed by atoms with van der Waals surface area (Å²) in [4.78, 5) is 25.5. The van der Waals surface area contributed by atoms with E-state index in [4.69, 9.17) is 9.84 Å². The van der Waals surface area contributed by atoms with Crippen LogP contribution in [0.15, 0.2) is 0 Å². The van der Waals surface area contributed by atoms with E-state index in [2.05, 4.69) is 6.92 Å². The number of aliphatic carboxylic acids is 1. The zero-order chi connectivity index (χ0) is 15.4. The largest absolute Gasteiger partial charge is 0.479 e. The normalized spacial score (nSPS) is 28.6. The van der Waals surface area contributed by atoms with Crippen molar-refractivity contribution in [2.24, 2.45) is 11.8 Å². The van der Waals surface area contributed by atoms with Gasteiger partial charge in [0, 0.05) is 12.5 Å². The van der Waals surface area contributed by atoms with Crippen LogP contribution < -0.4 is 0 Å². The van der Waals surface area contributed by atoms with Crippen LogP contribution in [-0.2, 0) is 14.3 Å². The average molecular weight is 297 g/mol. The molecule has 120 valence electrons. The molecule has 21 heavy (non-hydrogen) atoms. The van der Waals surface area contributed by atoms with Gasteiger partial charge < -0.3 is 14.7 Å². The second-order valence-electron chi connectivity index (χ2n) is 6.51. The maximum atomic E-state index is 12.7. The lowest BCUT2D eigenvalue weighted by atomic mass is 9.90. The van der Waals surface area contributed by atoms with E-state index in [1.54, 1.807) is 4.90 Å². The van der Waals surface area contributed by atoms with E-state index in [1.165, 1.54) is 25.7 Å². The predicted octanol–water partition coefficient (Wildman–Crippen LogP) is 2.29. The maximum Gasteiger partial charge on any atom is 0.334 e. The highest BCUT2D eigenvalue weighted by atomic mass is 16.5. The van der Waals surface area contributed by atoms with Crippen LogP contribution in [0.2, 0.25) is 0 Å². The number of nitrogens with zero attached hydrogens (tertiary/aromatic N) is 1. The number of hydrogen-bond donors (Lipinski definition) is 1. The van der Waals surface area contributed by atoms with Crippen LogP contribution >= 0.6 is 0 Å². The number of carboxylic acid groups (broad SMARTS) is 1. The number of ether oxygens (including phenoxy) is 1. The Morgan fingerprint density at radius 2 is 1.95 bits per heavy atom. The highest BCUT2D eigenvalue weighted by molar-refractivity contribution is 5.80. The Bertz CT molecular complexity index is 378. The van der Waals surface area contributed by atoms with Crippen molar-refractivity contribution < 1.29 is 19.4 Å². The lowest BCUT2D eigenvalue weighted by Gasteiger charge is -2.37. The molecule has 2 fully saturated rings. The predicted molar refractivity (Wildman–Crippen MR) is 78.9 cm³/mol. The van der Waals surface area contributed by atoms with Gasteiger partial charge in [0.05, 0.1) is 12.6 Å². The molecule has 1 heterocycles. The lowest BCUT2D eigenvalue weighted by Crippen LogP contribution is -2.53. The summed E-state index contributed by atoms with van der Waals surface area (Å²) in [5.41, 5.74) is 0. The van der Waals surface area contributed by atoms with Gasteiger partial charge in [-0.05, 0) is 25.7 Å². The van der Waals surface area contributed by atoms with Crippen molar-refractivity contribution in [2.75, 3.05) is 13.1 Å². The highest BCUT2D eigenvalue weighted by Crippen LogP contribution is 2.32. The molecule has 2 rings (SSSR count). The van der Waals surface area contributed by atoms with Crippen LogP contribution in [0.5, 0.6) is 0 Å². The number of hydrogen-bond acceptors (Lipinski definition) is 3. The quantitative estimate of drug-likeness (QED) is 0.845. The van der Waals surface area contributed by atoms with E-state index in [9.17, 15) is 9.59 Å². The molecule has 1 N–H and O–H groups in total. The molecule has 1 saturated carbocycles. The molecule has 2 unspecified atom stereocenters. The molecule has 0 bridgehead atoms. The standard InChI is InChI=1S/C16H27NO4/c1-3-13(8-12-6-4-5-7-12)15(18)17-9-11(2)21-14(10-17)16(19)20/h11-14H,3-10H2,1-2H3,(H,19,20)/t11-,13?,14?/m1/s1. The molecule has 0 aromatic carbocycles. The third-order valence-electron chi connectivity index (χ3n) is 4.78. The summed E-state index contributed by atoms with van der Waals surface area (Å²) in [6.45, 7) is 4.56. The Kier molecular flexibility index (Phi) is 5.62. The van der Waals surface area contributed by atoms with Crippen molar-refractivity contribution in [3.8, 4) is 0 Å². The second-order valence-corrected chi connectivity index (χ2v) is 6.51. The fraction of sp³-hybridized carbons (Fsp3) is 0.875. The van der Waals surface area contributed by atoms with Crippen molar-refractivity contribution >= 4 is 11.9 Å². The number of amides is 1. The number of morpholine rings is 1. The maximum absolute atomic E-state index is 12.7. The van der Waals surface area contributed by atoms with Gasteiger partial charge in [0.25, 0.3) is 0 Å². The third-order valence-corrected chi connectivity index (χ3v) is 4.78. The Balaban J connectivity index is 1.96. The van der Waals surface area contributed by atoms with E-state index < -0.39 is 12.1 Å². The molecule has 0 aromatic heterocycles. The molecule has 0 radical (unpaired) electrons. The molecule has 5 nitrogen and oxygen atoms in total. The third kappa shape index (κ3) is 4.19. The van der Waals surface area contributed by atoms with E-state index in [0.29, 0.717) is 12.5 Å². The lowest BCUT2D eigenvalue weighted by molar-refractivity contribution is -0.168. The zero-order valence-corrected chi connectivity index (χ0v) is 13.1. The molecule has 0 aromatic rings. The van der Waals surface area contributed by atoms with E-state index in [1.807, 2.05) is 6.92 Å². The highest BCUT2D eigenvalue weighted by Gasteiger charge is 2.35. The monoisotopic (exact) mass is 297 g/mol. The van der Waals surface area contributed by atoms with Gasteiger partial charge in [0.15, 0.2) is 6.10 Å². The molecule has 0 spiro atoms. The van der Waals surface area contributed by atoms with Crippen LogP contribution in [0, 0.1) is 11.8 Å². The summed E-state index contributed by atoms with van der Waals surface area (Å²) in [6, 6.07) is 0. The van der Waals surface area contributed by atoms with Gasteiger partial charge in [-0.25, -0.2) is 4.79 Å². The van der Waals surface area contributed by atoms with Crippen LogP contribution in [0.25, 0.3) is 0 Å². The van der Waals surface area contributed by atoms with Gasteiger partial charge in [-0.3, -0.25) is 4.79 Å². The van der Waals surface area contributed by atoms with Gasteiger partial charge in [-0.1, -0.05) is 32.6 Å². The number of carbonyl (C=O) groups excluding carboxylic acids is 1. The van der Waals surface area contributed by atoms with Crippen LogP contribution in [0.1, 0.15) is 52.4 Å². The number of carbonyl (C=O) groups is 2. The first kappa shape index (κ1) is 16.3. The van der Waals surface area contributed by atoms with Crippen molar-refractivity contribution in [1.82, 2.24) is 4.90 Å². The molecule has 1 saturated heterocycles. The second kappa shape index (κ2) is 7.25. The zero-order valence-electron chi connectivity index (χ0n) is 13.1. The van der Waals surface area contributed by atoms with Crippen LogP contribution in [0.4, 0.5) is 0 Å². The van der Waals surface area contributed by atoms with Gasteiger partial charge in [0.1, 0.15) is 0 Å². The average Bonchev–Trinajstić information content (AvgIpc) is 2.96. The van der Waals surface area contributed by atoms with Gasteiger partial charge in [-0.2, -0.15) is 0 Å². The summed E-state index contributed by atoms with van der Waals surface area (Å²) in [6.07, 6.45) is 5.73. The Morgan fingerprint density at radius 3 is 2.52 bits per heavy atom. The van der Waals surface area contributed by atoms with Gasteiger partial charge in [-0.15, -0.1) is 0 Å². The summed E-state index contributed by atoms with van der Waals surface area (Å²) >= 11 is 0. The summed E-state index contributed by atoms with van der Waals surface area (Å²) < 4.78 is 5.38. The molecule has 1 aliphatic heterocycles. The van der Waals surface area contributed by atoms with Gasteiger partial charge >= 0.3 is 5.97 Å². The minimum Gasteiger partial charge on any atom is -0.479 e. The van der Waals surface area contributed by atoms with Gasteiger partial charge in [0.2, 0.25) is 5.91 Å².